The molecule has 1 fully saturated rings. The highest BCUT2D eigenvalue weighted by Crippen LogP contribution is 2.20. The predicted molar refractivity (Wildman–Crippen MR) is 75.2 cm³/mol. The van der Waals surface area contributed by atoms with Gasteiger partial charge < -0.3 is 10.0 Å². The van der Waals surface area contributed by atoms with Crippen molar-refractivity contribution < 1.29 is 14.7 Å². The summed E-state index contributed by atoms with van der Waals surface area (Å²) >= 11 is 0. The molecule has 1 saturated heterocycles. The van der Waals surface area contributed by atoms with Gasteiger partial charge in [0, 0.05) is 38.9 Å². The van der Waals surface area contributed by atoms with Gasteiger partial charge >= 0.3 is 5.97 Å². The number of hydrogen-bond donors (Lipinski definition) is 1. The van der Waals surface area contributed by atoms with Gasteiger partial charge in [0.15, 0.2) is 0 Å². The standard InChI is InChI=1S/C14H23N3O3/c1-15(12-4-2-3-5-12)13(18)10-16-6-8-17(9-7-16)11-14(19)20/h4H,2-3,5-11H2,1H3,(H,19,20). The second-order valence-corrected chi connectivity index (χ2v) is 5.49. The molecule has 0 aromatic heterocycles. The summed E-state index contributed by atoms with van der Waals surface area (Å²) in [6.07, 6.45) is 5.35. The van der Waals surface area contributed by atoms with Crippen LogP contribution in [0, 0.1) is 0 Å². The van der Waals surface area contributed by atoms with Crippen LogP contribution in [0.2, 0.25) is 0 Å². The molecular weight excluding hydrogens is 258 g/mol. The molecule has 1 aliphatic heterocycles. The van der Waals surface area contributed by atoms with Crippen LogP contribution in [0.1, 0.15) is 19.3 Å². The van der Waals surface area contributed by atoms with Gasteiger partial charge in [-0.15, -0.1) is 0 Å². The highest BCUT2D eigenvalue weighted by molar-refractivity contribution is 5.79. The molecule has 0 bridgehead atoms. The van der Waals surface area contributed by atoms with E-state index in [1.165, 1.54) is 0 Å². The summed E-state index contributed by atoms with van der Waals surface area (Å²) in [7, 11) is 1.85. The first-order chi connectivity index (χ1) is 9.56. The number of carboxylic acid groups (broad SMARTS) is 1. The lowest BCUT2D eigenvalue weighted by atomic mass is 10.3. The average Bonchev–Trinajstić information content (AvgIpc) is 2.93. The van der Waals surface area contributed by atoms with Crippen molar-refractivity contribution in [3.05, 3.63) is 11.8 Å². The van der Waals surface area contributed by atoms with Gasteiger partial charge in [0.25, 0.3) is 0 Å². The molecule has 1 amide bonds. The third-order valence-corrected chi connectivity index (χ3v) is 4.00. The minimum absolute atomic E-state index is 0.0918. The zero-order valence-electron chi connectivity index (χ0n) is 12.0. The molecule has 6 nitrogen and oxygen atoms in total. The van der Waals surface area contributed by atoms with Crippen LogP contribution in [-0.2, 0) is 9.59 Å². The number of piperazine rings is 1. The molecule has 0 aromatic rings. The van der Waals surface area contributed by atoms with Gasteiger partial charge in [-0.2, -0.15) is 0 Å². The van der Waals surface area contributed by atoms with Gasteiger partial charge in [-0.1, -0.05) is 6.08 Å². The molecule has 0 unspecified atom stereocenters. The Labute approximate surface area is 119 Å². The Morgan fingerprint density at radius 2 is 1.80 bits per heavy atom. The van der Waals surface area contributed by atoms with Crippen LogP contribution >= 0.6 is 0 Å². The first kappa shape index (κ1) is 15.0. The van der Waals surface area contributed by atoms with Crippen LogP contribution in [0.4, 0.5) is 0 Å². The van der Waals surface area contributed by atoms with Gasteiger partial charge in [-0.05, 0) is 19.3 Å². The van der Waals surface area contributed by atoms with Gasteiger partial charge in [-0.25, -0.2) is 0 Å². The predicted octanol–water partition coefficient (Wildman–Crippen LogP) is 0.215. The van der Waals surface area contributed by atoms with Crippen molar-refractivity contribution in [2.24, 2.45) is 0 Å². The fraction of sp³-hybridized carbons (Fsp3) is 0.714. The summed E-state index contributed by atoms with van der Waals surface area (Å²) in [5, 5.41) is 8.75. The number of nitrogens with zero attached hydrogens (tertiary/aromatic N) is 3. The highest BCUT2D eigenvalue weighted by atomic mass is 16.4. The van der Waals surface area contributed by atoms with E-state index in [9.17, 15) is 9.59 Å². The lowest BCUT2D eigenvalue weighted by Crippen LogP contribution is -2.50. The Kier molecular flexibility index (Phi) is 5.14. The van der Waals surface area contributed by atoms with Gasteiger partial charge in [0.1, 0.15) is 0 Å². The lowest BCUT2D eigenvalue weighted by Gasteiger charge is -2.34. The minimum Gasteiger partial charge on any atom is -0.480 e. The summed E-state index contributed by atoms with van der Waals surface area (Å²) in [5.41, 5.74) is 1.14. The molecule has 0 atom stereocenters. The molecule has 6 heteroatoms. The third kappa shape index (κ3) is 4.05. The number of aliphatic carboxylic acids is 1. The normalized spacial score (nSPS) is 20.8. The second-order valence-electron chi connectivity index (χ2n) is 5.49. The van der Waals surface area contributed by atoms with Gasteiger partial charge in [0.05, 0.1) is 13.1 Å². The fourth-order valence-corrected chi connectivity index (χ4v) is 2.71. The SMILES string of the molecule is CN(C(=O)CN1CCN(CC(=O)O)CC1)C1=CCCC1. The van der Waals surface area contributed by atoms with Crippen LogP contribution < -0.4 is 0 Å². The number of allylic oxidation sites excluding steroid dienone is 2. The molecule has 0 radical (unpaired) electrons. The Hall–Kier alpha value is -1.40. The van der Waals surface area contributed by atoms with E-state index in [4.69, 9.17) is 5.11 Å². The monoisotopic (exact) mass is 281 g/mol. The highest BCUT2D eigenvalue weighted by Gasteiger charge is 2.23. The Morgan fingerprint density at radius 3 is 2.30 bits per heavy atom. The number of likely N-dealkylation sites (N-methyl/N-ethyl adjacent to an activating group) is 1. The summed E-state index contributed by atoms with van der Waals surface area (Å²) < 4.78 is 0. The lowest BCUT2D eigenvalue weighted by molar-refractivity contribution is -0.139. The van der Waals surface area contributed by atoms with E-state index < -0.39 is 5.97 Å². The number of carbonyl (C=O) groups is 2. The summed E-state index contributed by atoms with van der Waals surface area (Å²) in [6, 6.07) is 0. The van der Waals surface area contributed by atoms with E-state index in [-0.39, 0.29) is 12.5 Å². The number of amides is 1. The maximum absolute atomic E-state index is 12.2. The van der Waals surface area contributed by atoms with Crippen LogP contribution in [0.25, 0.3) is 0 Å². The molecule has 0 spiro atoms. The van der Waals surface area contributed by atoms with E-state index in [0.717, 1.165) is 38.0 Å². The Bertz CT molecular complexity index is 400. The molecule has 0 saturated carbocycles. The van der Waals surface area contributed by atoms with E-state index in [1.807, 2.05) is 11.9 Å². The van der Waals surface area contributed by atoms with Crippen molar-refractivity contribution >= 4 is 11.9 Å². The van der Waals surface area contributed by atoms with Crippen molar-refractivity contribution in [3.8, 4) is 0 Å². The molecule has 1 N–H and O–H groups in total. The molecule has 0 aromatic carbocycles. The van der Waals surface area contributed by atoms with Gasteiger partial charge in [0.2, 0.25) is 5.91 Å². The van der Waals surface area contributed by atoms with E-state index >= 15 is 0 Å². The summed E-state index contributed by atoms with van der Waals surface area (Å²) in [4.78, 5) is 28.6. The van der Waals surface area contributed by atoms with Gasteiger partial charge in [-0.3, -0.25) is 19.4 Å². The zero-order valence-corrected chi connectivity index (χ0v) is 12.0. The summed E-state index contributed by atoms with van der Waals surface area (Å²) in [5.74, 6) is -0.660. The van der Waals surface area contributed by atoms with Crippen molar-refractivity contribution in [3.63, 3.8) is 0 Å². The van der Waals surface area contributed by atoms with E-state index in [2.05, 4.69) is 11.0 Å². The van der Waals surface area contributed by atoms with Crippen molar-refractivity contribution in [2.45, 2.75) is 19.3 Å². The smallest absolute Gasteiger partial charge is 0.317 e. The van der Waals surface area contributed by atoms with E-state index in [0.29, 0.717) is 19.6 Å². The van der Waals surface area contributed by atoms with E-state index in [1.54, 1.807) is 4.90 Å². The first-order valence-corrected chi connectivity index (χ1v) is 7.18. The molecule has 112 valence electrons. The molecule has 1 heterocycles. The maximum atomic E-state index is 12.2. The number of carbonyl (C=O) groups excluding carboxylic acids is 1. The third-order valence-electron chi connectivity index (χ3n) is 4.00. The van der Waals surface area contributed by atoms with Crippen molar-refractivity contribution in [1.82, 2.24) is 14.7 Å². The Balaban J connectivity index is 1.74. The molecule has 1 aliphatic carbocycles. The first-order valence-electron chi connectivity index (χ1n) is 7.18. The van der Waals surface area contributed by atoms with Crippen LogP contribution in [0.5, 0.6) is 0 Å². The van der Waals surface area contributed by atoms with Crippen molar-refractivity contribution in [2.75, 3.05) is 46.3 Å². The van der Waals surface area contributed by atoms with Crippen LogP contribution in [-0.4, -0.2) is 78.0 Å². The minimum atomic E-state index is -0.789. The molecule has 2 rings (SSSR count). The zero-order chi connectivity index (χ0) is 14.5. The van der Waals surface area contributed by atoms with Crippen molar-refractivity contribution in [1.29, 1.82) is 0 Å². The largest absolute Gasteiger partial charge is 0.480 e. The average molecular weight is 281 g/mol. The van der Waals surface area contributed by atoms with Crippen LogP contribution in [0.15, 0.2) is 11.8 Å². The Morgan fingerprint density at radius 1 is 1.20 bits per heavy atom. The molecule has 20 heavy (non-hydrogen) atoms. The second kappa shape index (κ2) is 6.85. The number of carboxylic acids is 1. The van der Waals surface area contributed by atoms with Crippen LogP contribution in [0.3, 0.4) is 0 Å². The quantitative estimate of drug-likeness (QED) is 0.781. The molecule has 2 aliphatic rings. The number of hydrogen-bond acceptors (Lipinski definition) is 4. The molecular formula is C14H23N3O3. The topological polar surface area (TPSA) is 64.1 Å². The fourth-order valence-electron chi connectivity index (χ4n) is 2.71. The maximum Gasteiger partial charge on any atom is 0.317 e. The number of rotatable bonds is 5. The summed E-state index contributed by atoms with van der Waals surface area (Å²) in [6.45, 7) is 3.46.